The smallest absolute Gasteiger partial charge is 0.344 e. The van der Waals surface area contributed by atoms with Gasteiger partial charge in [-0.15, -0.1) is 0 Å². The molecule has 0 unspecified atom stereocenters. The topological polar surface area (TPSA) is 58.9 Å². The first kappa shape index (κ1) is 11.6. The second kappa shape index (κ2) is 5.45. The maximum Gasteiger partial charge on any atom is 0.344 e. The molecule has 15 heavy (non-hydrogen) atoms. The van der Waals surface area contributed by atoms with Crippen LogP contribution in [0.2, 0.25) is 0 Å². The highest BCUT2D eigenvalue weighted by Crippen LogP contribution is 2.13. The van der Waals surface area contributed by atoms with Crippen LogP contribution in [0.3, 0.4) is 0 Å². The maximum atomic E-state index is 13.1. The first-order valence-electron chi connectivity index (χ1n) is 3.92. The Morgan fingerprint density at radius 1 is 1.67 bits per heavy atom. The monoisotopic (exact) mass is 275 g/mol. The lowest BCUT2D eigenvalue weighted by atomic mass is 10.2. The fraction of sp³-hybridized carbons (Fsp3) is 0.111. The predicted octanol–water partition coefficient (Wildman–Crippen LogP) is 2.02. The molecule has 0 aliphatic rings. The summed E-state index contributed by atoms with van der Waals surface area (Å²) in [5, 5.41) is 11.5. The Morgan fingerprint density at radius 2 is 2.40 bits per heavy atom. The molecule has 80 valence electrons. The van der Waals surface area contributed by atoms with Crippen LogP contribution in [0.15, 0.2) is 27.8 Å². The number of halogens is 2. The molecule has 1 aromatic carbocycles. The van der Waals surface area contributed by atoms with Crippen LogP contribution in [0.25, 0.3) is 0 Å². The summed E-state index contributed by atoms with van der Waals surface area (Å²) < 4.78 is 13.8. The summed E-state index contributed by atoms with van der Waals surface area (Å²) in [6.07, 6.45) is 1.12. The predicted molar refractivity (Wildman–Crippen MR) is 55.3 cm³/mol. The highest BCUT2D eigenvalue weighted by molar-refractivity contribution is 9.10. The van der Waals surface area contributed by atoms with Crippen molar-refractivity contribution in [3.63, 3.8) is 0 Å². The Labute approximate surface area is 93.5 Å². The van der Waals surface area contributed by atoms with E-state index >= 15 is 0 Å². The highest BCUT2D eigenvalue weighted by atomic mass is 79.9. The largest absolute Gasteiger partial charge is 0.479 e. The number of rotatable bonds is 4. The number of benzene rings is 1. The highest BCUT2D eigenvalue weighted by Gasteiger charge is 2.00. The van der Waals surface area contributed by atoms with Crippen molar-refractivity contribution < 1.29 is 19.1 Å². The molecular weight excluding hydrogens is 269 g/mol. The number of carboxylic acid groups (broad SMARTS) is 1. The lowest BCUT2D eigenvalue weighted by Crippen LogP contribution is -2.03. The summed E-state index contributed by atoms with van der Waals surface area (Å²) in [7, 11) is 0. The van der Waals surface area contributed by atoms with E-state index in [0.717, 1.165) is 6.21 Å². The van der Waals surface area contributed by atoms with E-state index in [-0.39, 0.29) is 5.56 Å². The standard InChI is InChI=1S/C9H7BrFNO3/c10-7-2-1-6(8(11)3-7)4-12-15-5-9(13)14/h1-4H,5H2,(H,13,14). The van der Waals surface area contributed by atoms with Crippen molar-refractivity contribution in [3.05, 3.63) is 34.1 Å². The van der Waals surface area contributed by atoms with Crippen molar-refractivity contribution in [1.29, 1.82) is 0 Å². The Balaban J connectivity index is 2.60. The fourth-order valence-electron chi connectivity index (χ4n) is 0.793. The van der Waals surface area contributed by atoms with Crippen LogP contribution in [0.5, 0.6) is 0 Å². The molecule has 0 aliphatic heterocycles. The molecular formula is C9H7BrFNO3. The Morgan fingerprint density at radius 3 is 3.00 bits per heavy atom. The van der Waals surface area contributed by atoms with Crippen LogP contribution in [0, 0.1) is 5.82 Å². The maximum absolute atomic E-state index is 13.1. The average molecular weight is 276 g/mol. The van der Waals surface area contributed by atoms with Gasteiger partial charge in [-0.1, -0.05) is 21.1 Å². The quantitative estimate of drug-likeness (QED) is 0.676. The van der Waals surface area contributed by atoms with Gasteiger partial charge >= 0.3 is 5.97 Å². The molecule has 0 amide bonds. The first-order chi connectivity index (χ1) is 7.09. The van der Waals surface area contributed by atoms with E-state index in [4.69, 9.17) is 5.11 Å². The first-order valence-corrected chi connectivity index (χ1v) is 4.71. The normalized spacial score (nSPS) is 10.5. The van der Waals surface area contributed by atoms with Gasteiger partial charge < -0.3 is 9.94 Å². The van der Waals surface area contributed by atoms with Crippen LogP contribution < -0.4 is 0 Å². The zero-order valence-corrected chi connectivity index (χ0v) is 9.07. The van der Waals surface area contributed by atoms with Gasteiger partial charge in [0, 0.05) is 10.0 Å². The number of oxime groups is 1. The molecule has 1 aromatic rings. The molecule has 1 N–H and O–H groups in total. The molecule has 0 aliphatic carbocycles. The zero-order valence-electron chi connectivity index (χ0n) is 7.48. The molecule has 0 bridgehead atoms. The minimum atomic E-state index is -1.14. The van der Waals surface area contributed by atoms with Gasteiger partial charge in [0.15, 0.2) is 0 Å². The van der Waals surface area contributed by atoms with Gasteiger partial charge in [-0.2, -0.15) is 0 Å². The number of carboxylic acids is 1. The molecule has 0 aromatic heterocycles. The molecule has 4 nitrogen and oxygen atoms in total. The van der Waals surface area contributed by atoms with E-state index < -0.39 is 18.4 Å². The van der Waals surface area contributed by atoms with E-state index in [9.17, 15) is 9.18 Å². The van der Waals surface area contributed by atoms with Gasteiger partial charge in [0.25, 0.3) is 0 Å². The lowest BCUT2D eigenvalue weighted by Gasteiger charge is -1.97. The molecule has 0 radical (unpaired) electrons. The number of hydrogen-bond donors (Lipinski definition) is 1. The van der Waals surface area contributed by atoms with Crippen LogP contribution in [0.1, 0.15) is 5.56 Å². The second-order valence-electron chi connectivity index (χ2n) is 2.57. The molecule has 0 saturated carbocycles. The van der Waals surface area contributed by atoms with E-state index in [0.29, 0.717) is 4.47 Å². The molecule has 0 atom stereocenters. The summed E-state index contributed by atoms with van der Waals surface area (Å²) in [6.45, 7) is -0.547. The van der Waals surface area contributed by atoms with E-state index in [1.54, 1.807) is 6.07 Å². The molecule has 0 saturated heterocycles. The van der Waals surface area contributed by atoms with Crippen molar-refractivity contribution >= 4 is 28.1 Å². The Hall–Kier alpha value is -1.43. The van der Waals surface area contributed by atoms with Gasteiger partial charge in [-0.3, -0.25) is 0 Å². The van der Waals surface area contributed by atoms with E-state index in [1.165, 1.54) is 12.1 Å². The van der Waals surface area contributed by atoms with Gasteiger partial charge in [0.05, 0.1) is 6.21 Å². The molecule has 0 spiro atoms. The minimum Gasteiger partial charge on any atom is -0.479 e. The zero-order chi connectivity index (χ0) is 11.3. The van der Waals surface area contributed by atoms with Crippen molar-refractivity contribution in [2.75, 3.05) is 6.61 Å². The van der Waals surface area contributed by atoms with Crippen molar-refractivity contribution in [1.82, 2.24) is 0 Å². The van der Waals surface area contributed by atoms with Crippen LogP contribution in [0.4, 0.5) is 4.39 Å². The average Bonchev–Trinajstić information content (AvgIpc) is 2.14. The number of nitrogens with zero attached hydrogens (tertiary/aromatic N) is 1. The molecule has 0 heterocycles. The number of carbonyl (C=O) groups is 1. The minimum absolute atomic E-state index is 0.226. The second-order valence-corrected chi connectivity index (χ2v) is 3.48. The van der Waals surface area contributed by atoms with E-state index in [1.807, 2.05) is 0 Å². The van der Waals surface area contributed by atoms with Crippen LogP contribution >= 0.6 is 15.9 Å². The third kappa shape index (κ3) is 4.07. The van der Waals surface area contributed by atoms with E-state index in [2.05, 4.69) is 25.9 Å². The van der Waals surface area contributed by atoms with Gasteiger partial charge in [-0.25, -0.2) is 9.18 Å². The fourth-order valence-corrected chi connectivity index (χ4v) is 1.13. The third-order valence-electron chi connectivity index (χ3n) is 1.42. The summed E-state index contributed by atoms with van der Waals surface area (Å²) >= 11 is 3.10. The number of aliphatic carboxylic acids is 1. The lowest BCUT2D eigenvalue weighted by molar-refractivity contribution is -0.142. The molecule has 6 heteroatoms. The number of hydrogen-bond acceptors (Lipinski definition) is 3. The molecule has 1 rings (SSSR count). The third-order valence-corrected chi connectivity index (χ3v) is 1.91. The van der Waals surface area contributed by atoms with Crippen LogP contribution in [-0.2, 0) is 9.63 Å². The Kier molecular flexibility index (Phi) is 4.23. The van der Waals surface area contributed by atoms with Gasteiger partial charge in [-0.05, 0) is 18.2 Å². The summed E-state index contributed by atoms with van der Waals surface area (Å²) in [5.74, 6) is -1.60. The summed E-state index contributed by atoms with van der Waals surface area (Å²) in [5.41, 5.74) is 0.226. The molecule has 0 fully saturated rings. The summed E-state index contributed by atoms with van der Waals surface area (Å²) in [6, 6.07) is 4.41. The van der Waals surface area contributed by atoms with Crippen LogP contribution in [-0.4, -0.2) is 23.9 Å². The summed E-state index contributed by atoms with van der Waals surface area (Å²) in [4.78, 5) is 14.4. The van der Waals surface area contributed by atoms with Crippen molar-refractivity contribution in [3.8, 4) is 0 Å². The SMILES string of the molecule is O=C(O)CON=Cc1ccc(Br)cc1F. The van der Waals surface area contributed by atoms with Gasteiger partial charge in [0.1, 0.15) is 5.82 Å². The van der Waals surface area contributed by atoms with Gasteiger partial charge in [0.2, 0.25) is 6.61 Å². The van der Waals surface area contributed by atoms with Crippen molar-refractivity contribution in [2.45, 2.75) is 0 Å². The Bertz CT molecular complexity index is 395. The van der Waals surface area contributed by atoms with Crippen molar-refractivity contribution in [2.24, 2.45) is 5.16 Å².